The maximum atomic E-state index is 10.0. The van der Waals surface area contributed by atoms with Crippen LogP contribution in [0.2, 0.25) is 0 Å². The minimum absolute atomic E-state index is 0.0297. The van der Waals surface area contributed by atoms with Crippen molar-refractivity contribution in [1.29, 1.82) is 5.26 Å². The molecule has 1 saturated heterocycles. The smallest absolute Gasteiger partial charge is 0.236 e. The lowest BCUT2D eigenvalue weighted by Gasteiger charge is -2.16. The molecule has 3 rings (SSSR count). The van der Waals surface area contributed by atoms with Crippen LogP contribution in [-0.4, -0.2) is 59.8 Å². The third-order valence-electron chi connectivity index (χ3n) is 3.34. The Balaban J connectivity index is 2.10. The van der Waals surface area contributed by atoms with Gasteiger partial charge in [-0.1, -0.05) is 0 Å². The molecule has 3 heterocycles. The highest BCUT2D eigenvalue weighted by Gasteiger charge is 2.44. The number of nitrogen functional groups attached to an aromatic ring is 1. The van der Waals surface area contributed by atoms with Crippen molar-refractivity contribution >= 4 is 17.0 Å². The van der Waals surface area contributed by atoms with E-state index < -0.39 is 31.1 Å². The van der Waals surface area contributed by atoms with Crippen LogP contribution in [0.4, 0.5) is 5.82 Å². The molecule has 0 bridgehead atoms. The van der Waals surface area contributed by atoms with Crippen LogP contribution in [0.15, 0.2) is 6.33 Å². The molecule has 0 radical (unpaired) electrons. The van der Waals surface area contributed by atoms with Gasteiger partial charge in [-0.25, -0.2) is 4.98 Å². The number of hydrogen-bond acceptors (Lipinski definition) is 9. The molecule has 0 amide bonds. The molecule has 2 aromatic heterocycles. The zero-order chi connectivity index (χ0) is 15.1. The van der Waals surface area contributed by atoms with Crippen LogP contribution >= 0.6 is 0 Å². The number of fused-ring (bicyclic) bond motifs is 1. The molecule has 2 aromatic rings. The van der Waals surface area contributed by atoms with Gasteiger partial charge in [0.15, 0.2) is 17.7 Å². The third-order valence-corrected chi connectivity index (χ3v) is 3.34. The van der Waals surface area contributed by atoms with E-state index in [1.54, 1.807) is 6.07 Å². The fraction of sp³-hybridized carbons (Fsp3) is 0.455. The van der Waals surface area contributed by atoms with Gasteiger partial charge in [0.25, 0.3) is 0 Å². The summed E-state index contributed by atoms with van der Waals surface area (Å²) in [6.07, 6.45) is -3.12. The lowest BCUT2D eigenvalue weighted by atomic mass is 10.1. The van der Waals surface area contributed by atoms with Gasteiger partial charge in [0.1, 0.15) is 29.9 Å². The first kappa shape index (κ1) is 13.7. The molecule has 5 N–H and O–H groups in total. The second-order valence-corrected chi connectivity index (χ2v) is 4.60. The van der Waals surface area contributed by atoms with Crippen molar-refractivity contribution in [2.24, 2.45) is 0 Å². The molecular weight excluding hydrogens is 280 g/mol. The summed E-state index contributed by atoms with van der Waals surface area (Å²) in [6, 6.07) is 1.77. The van der Waals surface area contributed by atoms with E-state index in [1.807, 2.05) is 0 Å². The normalized spacial score (nSPS) is 28.9. The molecule has 1 unspecified atom stereocenters. The van der Waals surface area contributed by atoms with E-state index in [0.29, 0.717) is 0 Å². The average Bonchev–Trinajstić information content (AvgIpc) is 3.02. The Morgan fingerprint density at radius 3 is 2.76 bits per heavy atom. The molecule has 4 atom stereocenters. The number of nitrogens with two attached hydrogens (primary N) is 1. The fourth-order valence-electron chi connectivity index (χ4n) is 2.28. The fourth-order valence-corrected chi connectivity index (χ4v) is 2.28. The van der Waals surface area contributed by atoms with Gasteiger partial charge in [0.2, 0.25) is 5.82 Å². The summed E-state index contributed by atoms with van der Waals surface area (Å²) in [6.45, 7) is -0.443. The summed E-state index contributed by atoms with van der Waals surface area (Å²) in [5.74, 6) is -0.115. The summed E-state index contributed by atoms with van der Waals surface area (Å²) in [7, 11) is 0. The topological polar surface area (TPSA) is 163 Å². The van der Waals surface area contributed by atoms with Gasteiger partial charge in [-0.15, -0.1) is 0 Å². The Labute approximate surface area is 118 Å². The van der Waals surface area contributed by atoms with E-state index in [1.165, 1.54) is 10.9 Å². The van der Waals surface area contributed by atoms with E-state index >= 15 is 0 Å². The minimum atomic E-state index is -1.28. The highest BCUT2D eigenvalue weighted by Crippen LogP contribution is 2.31. The Morgan fingerprint density at radius 2 is 2.14 bits per heavy atom. The number of aromatic nitrogens is 4. The van der Waals surface area contributed by atoms with Crippen molar-refractivity contribution in [1.82, 2.24) is 19.5 Å². The summed E-state index contributed by atoms with van der Waals surface area (Å²) < 4.78 is 6.73. The van der Waals surface area contributed by atoms with E-state index in [0.717, 1.165) is 0 Å². The maximum absolute atomic E-state index is 10.0. The van der Waals surface area contributed by atoms with Crippen molar-refractivity contribution < 1.29 is 20.1 Å². The number of anilines is 1. The molecule has 1 aliphatic heterocycles. The van der Waals surface area contributed by atoms with Crippen molar-refractivity contribution in [2.45, 2.75) is 24.5 Å². The van der Waals surface area contributed by atoms with Gasteiger partial charge in [0, 0.05) is 0 Å². The zero-order valence-corrected chi connectivity index (χ0v) is 10.7. The van der Waals surface area contributed by atoms with Crippen LogP contribution in [0.5, 0.6) is 0 Å². The summed E-state index contributed by atoms with van der Waals surface area (Å²) >= 11 is 0. The summed E-state index contributed by atoms with van der Waals surface area (Å²) in [5.41, 5.74) is 6.15. The van der Waals surface area contributed by atoms with Crippen molar-refractivity contribution in [3.8, 4) is 6.07 Å². The van der Waals surface area contributed by atoms with Crippen molar-refractivity contribution in [3.05, 3.63) is 12.2 Å². The van der Waals surface area contributed by atoms with Crippen LogP contribution in [0.25, 0.3) is 11.2 Å². The lowest BCUT2D eigenvalue weighted by molar-refractivity contribution is -0.0511. The molecule has 110 valence electrons. The standard InChI is InChI=1S/C11H12N6O4/c12-1-5-15-9(13)6-10(16-5)17(3-14-6)11-8(20)7(19)4(2-18)21-11/h3-4,7-8,11,18-20H,2H2,(H2,13,15,16)/t4-,7?,8+,11-/m1/s1. The number of aliphatic hydroxyl groups excluding tert-OH is 3. The number of rotatable bonds is 2. The Morgan fingerprint density at radius 1 is 1.38 bits per heavy atom. The van der Waals surface area contributed by atoms with Gasteiger partial charge < -0.3 is 25.8 Å². The van der Waals surface area contributed by atoms with Crippen LogP contribution in [0.1, 0.15) is 12.1 Å². The van der Waals surface area contributed by atoms with Gasteiger partial charge in [-0.3, -0.25) is 4.57 Å². The highest BCUT2D eigenvalue weighted by atomic mass is 16.6. The average molecular weight is 292 g/mol. The van der Waals surface area contributed by atoms with Crippen LogP contribution in [0.3, 0.4) is 0 Å². The zero-order valence-electron chi connectivity index (χ0n) is 10.7. The molecule has 0 aromatic carbocycles. The first-order valence-electron chi connectivity index (χ1n) is 6.09. The van der Waals surface area contributed by atoms with E-state index in [-0.39, 0.29) is 22.8 Å². The molecular formula is C11H12N6O4. The largest absolute Gasteiger partial charge is 0.394 e. The molecule has 0 aliphatic carbocycles. The minimum Gasteiger partial charge on any atom is -0.394 e. The summed E-state index contributed by atoms with van der Waals surface area (Å²) in [4.78, 5) is 11.8. The van der Waals surface area contributed by atoms with Crippen molar-refractivity contribution in [2.75, 3.05) is 12.3 Å². The van der Waals surface area contributed by atoms with Gasteiger partial charge in [0.05, 0.1) is 12.9 Å². The van der Waals surface area contributed by atoms with Gasteiger partial charge >= 0.3 is 0 Å². The number of imidazole rings is 1. The number of nitrogens with zero attached hydrogens (tertiary/aromatic N) is 5. The quantitative estimate of drug-likeness (QED) is 0.485. The Kier molecular flexibility index (Phi) is 3.19. The number of ether oxygens (including phenoxy) is 1. The predicted octanol–water partition coefficient (Wildman–Crippen LogP) is -2.11. The molecule has 10 nitrogen and oxygen atoms in total. The van der Waals surface area contributed by atoms with Crippen LogP contribution < -0.4 is 5.73 Å². The SMILES string of the molecule is N#Cc1nc(N)c2ncn([C@@H]3O[C@H](CO)C(O)[C@@H]3O)c2n1. The van der Waals surface area contributed by atoms with Gasteiger partial charge in [-0.2, -0.15) is 15.2 Å². The maximum Gasteiger partial charge on any atom is 0.236 e. The second-order valence-electron chi connectivity index (χ2n) is 4.60. The van der Waals surface area contributed by atoms with Crippen molar-refractivity contribution in [3.63, 3.8) is 0 Å². The predicted molar refractivity (Wildman–Crippen MR) is 67.5 cm³/mol. The van der Waals surface area contributed by atoms with E-state index in [9.17, 15) is 10.2 Å². The molecule has 0 saturated carbocycles. The molecule has 10 heteroatoms. The van der Waals surface area contributed by atoms with Gasteiger partial charge in [-0.05, 0) is 0 Å². The first-order chi connectivity index (χ1) is 10.1. The number of aliphatic hydroxyl groups is 3. The monoisotopic (exact) mass is 292 g/mol. The second kappa shape index (κ2) is 4.90. The number of nitriles is 1. The number of hydrogen-bond donors (Lipinski definition) is 4. The highest BCUT2D eigenvalue weighted by molar-refractivity contribution is 5.81. The first-order valence-corrected chi connectivity index (χ1v) is 6.09. The Hall–Kier alpha value is -2.32. The molecule has 1 fully saturated rings. The van der Waals surface area contributed by atoms with Crippen LogP contribution in [0, 0.1) is 11.3 Å². The molecule has 1 aliphatic rings. The lowest BCUT2D eigenvalue weighted by Crippen LogP contribution is -2.33. The van der Waals surface area contributed by atoms with Crippen LogP contribution in [-0.2, 0) is 4.74 Å². The third kappa shape index (κ3) is 1.99. The molecule has 0 spiro atoms. The summed E-state index contributed by atoms with van der Waals surface area (Å²) in [5, 5.41) is 37.8. The van der Waals surface area contributed by atoms with E-state index in [4.69, 9.17) is 20.8 Å². The van der Waals surface area contributed by atoms with E-state index in [2.05, 4.69) is 15.0 Å². The Bertz CT molecular complexity index is 725. The molecule has 21 heavy (non-hydrogen) atoms.